The SMILES string of the molecule is CC(C)c1c(N2CCC(Br)C2=O)cnn1-c1ccc(F)cc1.CC(C)c1c(N2CCC(n3nc(-c4ncc[nH]4)c4c(N)ncnc43)C2=O)cnn1-c1ccc(F)cc1.CC(C)c1c(N2CCC(n3nc(C#N)c4c(N)ncnc43)C2=O)cnn1-c1ccc(F)cc1.CC(C)c1c(N2CCC(n3nc(C4=NCCN4)c4c(N)ncnc43)C2=O)cnn1-c1ccc(F)cc1.N#Cc1[nH]nc2ncnc(N)c12.NCCN. The average molecular weight is 2010 g/mol. The Balaban J connectivity index is 0.000000126. The Bertz CT molecular complexity index is 7700. The van der Waals surface area contributed by atoms with E-state index in [1.165, 1.54) is 78.5 Å². The van der Waals surface area contributed by atoms with Crippen molar-refractivity contribution in [1.82, 2.24) is 134 Å². The Morgan fingerprint density at radius 1 is 0.434 bits per heavy atom. The normalized spacial score (nSPS) is 16.2. The molecule has 17 aromatic rings. The Morgan fingerprint density at radius 3 is 1.13 bits per heavy atom. The van der Waals surface area contributed by atoms with Gasteiger partial charge in [0.25, 0.3) is 17.7 Å². The zero-order chi connectivity index (χ0) is 101. The number of halogens is 5. The van der Waals surface area contributed by atoms with Crippen molar-refractivity contribution in [3.63, 3.8) is 0 Å². The van der Waals surface area contributed by atoms with E-state index in [2.05, 4.69) is 126 Å². The topological polar surface area (TPSA) is 595 Å². The number of rotatable bonds is 18. The van der Waals surface area contributed by atoms with E-state index in [0.717, 1.165) is 63.3 Å². The summed E-state index contributed by atoms with van der Waals surface area (Å²) in [6.07, 6.45) is 17.7. The number of aromatic amines is 2. The van der Waals surface area contributed by atoms with Crippen LogP contribution in [0.4, 0.5) is 63.6 Å². The largest absolute Gasteiger partial charge is 0.383 e. The molecular formula is C94H97BrF4N40O4. The Morgan fingerprint density at radius 2 is 0.783 bits per heavy atom. The maximum atomic E-state index is 13.8. The number of imidazole rings is 1. The molecule has 44 nitrogen and oxygen atoms in total. The molecular weight excluding hydrogens is 1910 g/mol. The number of amidine groups is 1. The molecule has 18 heterocycles. The third kappa shape index (κ3) is 19.0. The van der Waals surface area contributed by atoms with E-state index in [-0.39, 0.29) is 98.5 Å². The lowest BCUT2D eigenvalue weighted by molar-refractivity contribution is -0.120. The predicted octanol–water partition coefficient (Wildman–Crippen LogP) is 10.5. The van der Waals surface area contributed by atoms with Gasteiger partial charge in [-0.05, 0) is 146 Å². The number of fused-ring (bicyclic) bond motifs is 4. The number of H-pyrrole nitrogens is 2. The third-order valence-corrected chi connectivity index (χ3v) is 25.1. The van der Waals surface area contributed by atoms with Crippen LogP contribution in [0.5, 0.6) is 0 Å². The summed E-state index contributed by atoms with van der Waals surface area (Å²) in [6, 6.07) is 26.7. The molecule has 0 radical (unpaired) electrons. The number of nitrogens with one attached hydrogen (secondary N) is 3. The number of carbonyl (C=O) groups excluding carboxylic acids is 4. The molecule has 732 valence electrons. The predicted molar refractivity (Wildman–Crippen MR) is 528 cm³/mol. The minimum absolute atomic E-state index is 0.0441. The van der Waals surface area contributed by atoms with Crippen LogP contribution in [0.1, 0.15) is 163 Å². The fourth-order valence-electron chi connectivity index (χ4n) is 17.8. The molecule has 4 fully saturated rings. The minimum Gasteiger partial charge on any atom is -0.383 e. The Hall–Kier alpha value is -17.2. The molecule has 0 aliphatic carbocycles. The molecule has 0 spiro atoms. The average Bonchev–Trinajstić information content (AvgIpc) is 1.59. The summed E-state index contributed by atoms with van der Waals surface area (Å²) in [7, 11) is 0. The number of nitrogen functional groups attached to an aromatic ring is 4. The van der Waals surface area contributed by atoms with Gasteiger partial charge < -0.3 is 64.3 Å². The van der Waals surface area contributed by atoms with Crippen LogP contribution < -0.4 is 59.3 Å². The first kappa shape index (κ1) is 97.4. The van der Waals surface area contributed by atoms with Crippen LogP contribution in [0.25, 0.3) is 78.4 Å². The molecule has 22 rings (SSSR count). The smallest absolute Gasteiger partial charge is 0.252 e. The van der Waals surface area contributed by atoms with Crippen molar-refractivity contribution in [2.45, 2.75) is 128 Å². The third-order valence-electron chi connectivity index (χ3n) is 24.3. The summed E-state index contributed by atoms with van der Waals surface area (Å²) in [5, 5.41) is 61.3. The lowest BCUT2D eigenvalue weighted by Gasteiger charge is -2.20. The van der Waals surface area contributed by atoms with E-state index in [1.54, 1.807) is 133 Å². The molecule has 4 aromatic carbocycles. The van der Waals surface area contributed by atoms with Gasteiger partial charge in [0.2, 0.25) is 5.91 Å². The number of nitrogens with two attached hydrogens (primary N) is 6. The molecule has 143 heavy (non-hydrogen) atoms. The number of aromatic nitrogens is 26. The zero-order valence-corrected chi connectivity index (χ0v) is 80.1. The van der Waals surface area contributed by atoms with Gasteiger partial charge in [-0.3, -0.25) is 29.3 Å². The summed E-state index contributed by atoms with van der Waals surface area (Å²) < 4.78 is 65.3. The highest BCUT2D eigenvalue weighted by atomic mass is 79.9. The van der Waals surface area contributed by atoms with Gasteiger partial charge in [0.05, 0.1) is 126 Å². The number of hydrogen-bond acceptors (Lipinski definition) is 31. The maximum Gasteiger partial charge on any atom is 0.252 e. The highest BCUT2D eigenvalue weighted by Gasteiger charge is 2.44. The molecule has 15 N–H and O–H groups in total. The van der Waals surface area contributed by atoms with E-state index < -0.39 is 18.1 Å². The molecule has 5 aliphatic rings. The summed E-state index contributed by atoms with van der Waals surface area (Å²) in [5.74, 6) is 0.893. The summed E-state index contributed by atoms with van der Waals surface area (Å²) >= 11 is 3.40. The lowest BCUT2D eigenvalue weighted by atomic mass is 10.1. The zero-order valence-electron chi connectivity index (χ0n) is 78.5. The van der Waals surface area contributed by atoms with Crippen molar-refractivity contribution in [3.05, 3.63) is 223 Å². The number of nitrogens with zero attached hydrogens (tertiary/aromatic N) is 31. The van der Waals surface area contributed by atoms with Crippen LogP contribution >= 0.6 is 15.9 Å². The molecule has 49 heteroatoms. The lowest BCUT2D eigenvalue weighted by Crippen LogP contribution is -2.29. The molecule has 4 unspecified atom stereocenters. The number of amides is 4. The number of aliphatic imine (C=N–C) groups is 1. The first-order valence-electron chi connectivity index (χ1n) is 45.7. The van der Waals surface area contributed by atoms with Crippen LogP contribution in [-0.4, -0.2) is 215 Å². The van der Waals surface area contributed by atoms with Crippen molar-refractivity contribution in [1.29, 1.82) is 10.5 Å². The van der Waals surface area contributed by atoms with Crippen LogP contribution in [-0.2, 0) is 19.2 Å². The van der Waals surface area contributed by atoms with E-state index >= 15 is 0 Å². The minimum atomic E-state index is -0.641. The number of benzene rings is 4. The number of anilines is 8. The second-order valence-electron chi connectivity index (χ2n) is 34.7. The molecule has 0 saturated carbocycles. The van der Waals surface area contributed by atoms with E-state index in [9.17, 15) is 42.0 Å². The highest BCUT2D eigenvalue weighted by molar-refractivity contribution is 9.10. The second kappa shape index (κ2) is 41.4. The van der Waals surface area contributed by atoms with E-state index in [1.807, 2.05) is 53.7 Å². The molecule has 0 bridgehead atoms. The van der Waals surface area contributed by atoms with Crippen molar-refractivity contribution >= 4 is 136 Å². The second-order valence-corrected chi connectivity index (χ2v) is 35.8. The van der Waals surface area contributed by atoms with Crippen molar-refractivity contribution in [2.75, 3.05) is 94.9 Å². The highest BCUT2D eigenvalue weighted by Crippen LogP contribution is 2.43. The van der Waals surface area contributed by atoms with Crippen molar-refractivity contribution < 1.29 is 36.7 Å². The maximum absolute atomic E-state index is 13.8. The monoisotopic (exact) mass is 2000 g/mol. The summed E-state index contributed by atoms with van der Waals surface area (Å²) in [4.78, 5) is 105. The first-order valence-corrected chi connectivity index (χ1v) is 46.6. The summed E-state index contributed by atoms with van der Waals surface area (Å²) in [6.45, 7) is 21.0. The fourth-order valence-corrected chi connectivity index (χ4v) is 18.2. The van der Waals surface area contributed by atoms with Crippen molar-refractivity contribution in [2.24, 2.45) is 16.5 Å². The van der Waals surface area contributed by atoms with Crippen molar-refractivity contribution in [3.8, 4) is 46.4 Å². The van der Waals surface area contributed by atoms with Crippen LogP contribution in [0.15, 0.2) is 165 Å². The van der Waals surface area contributed by atoms with Crippen LogP contribution in [0, 0.1) is 45.9 Å². The number of alkyl halides is 1. The van der Waals surface area contributed by atoms with Crippen LogP contribution in [0.3, 0.4) is 0 Å². The van der Waals surface area contributed by atoms with E-state index in [0.29, 0.717) is 162 Å². The van der Waals surface area contributed by atoms with E-state index in [4.69, 9.17) is 49.9 Å². The molecule has 5 aliphatic heterocycles. The fraction of sp³-hybridized carbons (Fsp3) is 0.298. The number of nitriles is 2. The number of carbonyl (C=O) groups is 4. The van der Waals surface area contributed by atoms with Gasteiger partial charge in [-0.15, -0.1) is 0 Å². The molecule has 4 saturated heterocycles. The Labute approximate surface area is 820 Å². The van der Waals surface area contributed by atoms with Gasteiger partial charge in [0.15, 0.2) is 34.1 Å². The van der Waals surface area contributed by atoms with Gasteiger partial charge in [-0.25, -0.2) is 95.2 Å². The molecule has 4 amide bonds. The Kier molecular flexibility index (Phi) is 28.2. The standard InChI is InChI=1S/C24H25FN10O.C24H23FN10O.C22H20FN9O.C16H17BrFN3O.C6H4N6.C2H8N2/c2*1-13(2)20-17(11-31-34(20)15-5-3-14(25)4-6-15)33-10-7-16(24(33)36)35-23-18(21(26)29-12-30-23)19(32-35)22-27-8-9-28-22;1-12(2)19-17(10-28-31(19)14-5-3-13(23)4-6-14)30-8-7-16(22(30)33)32-21-18(15(9-24)29-32)20(25)26-11-27-21;1-10(2)15-14(20-8-7-13(17)16(20)22)9-19-21(15)12-5-3-11(18)4-6-12;7-1-3-4-5(8)9-2-10-6(4)12-11-3;3-1-2-4/h3-6,11-13,16H,7-10H2,1-2H3,(H,27,28)(H2,26,29,30);3-6,8-9,11-13,16H,7,10H2,1-2H3,(H,27,28)(H2,26,29,30);3-6,10-12,16H,7-8H2,1-2H3,(H2,25,26,27);3-6,9-10,13H,7-8H2,1-2H3;2H,(H3,8,9,10,11,12);1-4H2. The van der Waals surface area contributed by atoms with Gasteiger partial charge >= 0.3 is 0 Å². The van der Waals surface area contributed by atoms with Crippen LogP contribution in [0.2, 0.25) is 0 Å². The first-order chi connectivity index (χ1) is 69.0. The van der Waals surface area contributed by atoms with Gasteiger partial charge in [-0.1, -0.05) is 71.3 Å². The quantitative estimate of drug-likeness (QED) is 0.0285. The molecule has 4 atom stereocenters. The number of hydrogen-bond donors (Lipinski definition) is 9. The van der Waals surface area contributed by atoms with Gasteiger partial charge in [-0.2, -0.15) is 51.3 Å². The summed E-state index contributed by atoms with van der Waals surface area (Å²) in [5.41, 5.74) is 46.3. The molecule has 13 aromatic heterocycles. The van der Waals surface area contributed by atoms with Gasteiger partial charge in [0, 0.05) is 58.2 Å². The van der Waals surface area contributed by atoms with Gasteiger partial charge in [0.1, 0.15) is 125 Å².